The van der Waals surface area contributed by atoms with E-state index < -0.39 is 0 Å². The molecular formula is C29H32ClN4Na. The number of halogens is 1. The van der Waals surface area contributed by atoms with Crippen molar-refractivity contribution in [2.24, 2.45) is 0 Å². The van der Waals surface area contributed by atoms with E-state index in [1.807, 2.05) is 24.3 Å². The van der Waals surface area contributed by atoms with Crippen LogP contribution in [0.3, 0.4) is 0 Å². The summed E-state index contributed by atoms with van der Waals surface area (Å²) >= 11 is 6.66. The van der Waals surface area contributed by atoms with Crippen LogP contribution in [0.2, 0.25) is 5.02 Å². The third-order valence-electron chi connectivity index (χ3n) is 6.18. The van der Waals surface area contributed by atoms with E-state index in [1.54, 1.807) is 6.08 Å². The number of benzene rings is 2. The fourth-order valence-corrected chi connectivity index (χ4v) is 4.69. The quantitative estimate of drug-likeness (QED) is 0.409. The molecule has 35 heavy (non-hydrogen) atoms. The summed E-state index contributed by atoms with van der Waals surface area (Å²) in [6, 6.07) is 14.6. The molecule has 4 rings (SSSR count). The first-order chi connectivity index (χ1) is 16.6. The summed E-state index contributed by atoms with van der Waals surface area (Å²) in [7, 11) is 0. The van der Waals surface area contributed by atoms with E-state index in [0.29, 0.717) is 6.54 Å². The molecule has 2 aliphatic heterocycles. The van der Waals surface area contributed by atoms with E-state index in [1.165, 1.54) is 5.56 Å². The SMILES string of the molecule is C=C/C=C\C=C/CCN1C(=C)N(Cc2ccccc2)C(=C)c2c(N3CC[N-]CC3)cc(Cl)cc21.[Na+]. The van der Waals surface area contributed by atoms with Gasteiger partial charge in [-0.1, -0.05) is 92.0 Å². The maximum Gasteiger partial charge on any atom is 1.00 e. The van der Waals surface area contributed by atoms with Crippen molar-refractivity contribution >= 4 is 28.7 Å². The predicted octanol–water partition coefficient (Wildman–Crippen LogP) is 3.99. The third-order valence-corrected chi connectivity index (χ3v) is 6.40. The van der Waals surface area contributed by atoms with Gasteiger partial charge in [0.05, 0.1) is 5.69 Å². The average Bonchev–Trinajstić information content (AvgIpc) is 2.86. The van der Waals surface area contributed by atoms with Crippen molar-refractivity contribution in [3.63, 3.8) is 0 Å². The van der Waals surface area contributed by atoms with Crippen LogP contribution in [0.25, 0.3) is 11.0 Å². The number of fused-ring (bicyclic) bond motifs is 1. The molecule has 0 bridgehead atoms. The largest absolute Gasteiger partial charge is 1.00 e. The van der Waals surface area contributed by atoms with E-state index >= 15 is 0 Å². The molecule has 2 aliphatic rings. The van der Waals surface area contributed by atoms with Crippen LogP contribution < -0.4 is 39.4 Å². The van der Waals surface area contributed by atoms with Crippen molar-refractivity contribution in [3.05, 3.63) is 120 Å². The van der Waals surface area contributed by atoms with Crippen LogP contribution in [0.1, 0.15) is 17.5 Å². The average molecular weight is 495 g/mol. The molecule has 0 unspecified atom stereocenters. The molecule has 0 N–H and O–H groups in total. The molecule has 0 amide bonds. The summed E-state index contributed by atoms with van der Waals surface area (Å²) < 4.78 is 0. The Hall–Kier alpha value is -2.21. The molecule has 176 valence electrons. The van der Waals surface area contributed by atoms with Crippen LogP contribution in [-0.4, -0.2) is 37.6 Å². The topological polar surface area (TPSA) is 23.8 Å². The molecule has 6 heteroatoms. The summed E-state index contributed by atoms with van der Waals surface area (Å²) in [4.78, 5) is 6.89. The Balaban J connectivity index is 0.00000342. The summed E-state index contributed by atoms with van der Waals surface area (Å²) in [6.45, 7) is 17.7. The van der Waals surface area contributed by atoms with Gasteiger partial charge in [-0.05, 0) is 37.2 Å². The van der Waals surface area contributed by atoms with E-state index in [-0.39, 0.29) is 29.6 Å². The van der Waals surface area contributed by atoms with Gasteiger partial charge >= 0.3 is 29.6 Å². The zero-order valence-corrected chi connectivity index (χ0v) is 23.4. The fraction of sp³-hybridized carbons (Fsp3) is 0.241. The van der Waals surface area contributed by atoms with E-state index in [4.69, 9.17) is 11.6 Å². The fourth-order valence-electron chi connectivity index (χ4n) is 4.48. The maximum atomic E-state index is 6.66. The van der Waals surface area contributed by atoms with Gasteiger partial charge in [-0.15, -0.1) is 13.1 Å². The Morgan fingerprint density at radius 1 is 0.943 bits per heavy atom. The number of hydrogen-bond donors (Lipinski definition) is 0. The van der Waals surface area contributed by atoms with Gasteiger partial charge in [0.25, 0.3) is 0 Å². The predicted molar refractivity (Wildman–Crippen MR) is 147 cm³/mol. The van der Waals surface area contributed by atoms with Crippen LogP contribution in [0.5, 0.6) is 0 Å². The van der Waals surface area contributed by atoms with Crippen molar-refractivity contribution in [2.45, 2.75) is 13.0 Å². The molecule has 1 fully saturated rings. The first-order valence-corrected chi connectivity index (χ1v) is 12.1. The second kappa shape index (κ2) is 13.2. The van der Waals surface area contributed by atoms with Gasteiger partial charge in [-0.3, -0.25) is 0 Å². The van der Waals surface area contributed by atoms with Crippen molar-refractivity contribution in [2.75, 3.05) is 42.5 Å². The number of nitrogens with zero attached hydrogens (tertiary/aromatic N) is 4. The Kier molecular flexibility index (Phi) is 10.3. The molecule has 4 nitrogen and oxygen atoms in total. The molecule has 0 aromatic heterocycles. The van der Waals surface area contributed by atoms with Crippen LogP contribution in [0, 0.1) is 0 Å². The second-order valence-corrected chi connectivity index (χ2v) is 8.84. The van der Waals surface area contributed by atoms with Gasteiger partial charge in [0, 0.05) is 35.1 Å². The standard InChI is InChI=1S/C29H32ClN4.Na/c1-4-5-6-7-8-12-17-33-24(3)34(22-25-13-10-9-11-14-25)23(2)29-27(20-26(30)21-28(29)33)32-18-15-31-16-19-32;/h4-11,13-14,20-21H,1-3,12,15-19,22H2;/q-1;+1/b6-5-,8-7-;. The molecule has 0 spiro atoms. The normalized spacial score (nSPS) is 16.1. The zero-order valence-electron chi connectivity index (χ0n) is 20.7. The van der Waals surface area contributed by atoms with Crippen LogP contribution in [0.15, 0.2) is 98.4 Å². The van der Waals surface area contributed by atoms with Gasteiger partial charge in [-0.25, -0.2) is 0 Å². The first kappa shape index (κ1) is 27.4. The van der Waals surface area contributed by atoms with Crippen molar-refractivity contribution in [1.82, 2.24) is 4.90 Å². The summed E-state index contributed by atoms with van der Waals surface area (Å²) in [5, 5.41) is 5.25. The molecule has 0 aliphatic carbocycles. The van der Waals surface area contributed by atoms with Crippen LogP contribution in [-0.2, 0) is 6.54 Å². The van der Waals surface area contributed by atoms with E-state index in [0.717, 1.165) is 72.6 Å². The Morgan fingerprint density at radius 3 is 2.37 bits per heavy atom. The molecule has 2 heterocycles. The van der Waals surface area contributed by atoms with Gasteiger partial charge < -0.3 is 20.0 Å². The smallest absolute Gasteiger partial charge is 0.659 e. The summed E-state index contributed by atoms with van der Waals surface area (Å²) in [6.07, 6.45) is 10.8. The Labute approximate surface area is 237 Å². The summed E-state index contributed by atoms with van der Waals surface area (Å²) in [5.74, 6) is 0.915. The van der Waals surface area contributed by atoms with Crippen molar-refractivity contribution in [3.8, 4) is 0 Å². The van der Waals surface area contributed by atoms with Crippen LogP contribution in [0.4, 0.5) is 11.4 Å². The van der Waals surface area contributed by atoms with E-state index in [2.05, 4.69) is 82.2 Å². The first-order valence-electron chi connectivity index (χ1n) is 11.7. The van der Waals surface area contributed by atoms with Gasteiger partial charge in [0.1, 0.15) is 5.82 Å². The number of allylic oxidation sites excluding steroid dienone is 4. The molecule has 1 saturated heterocycles. The second-order valence-electron chi connectivity index (χ2n) is 8.40. The molecule has 0 atom stereocenters. The Morgan fingerprint density at radius 2 is 1.66 bits per heavy atom. The van der Waals surface area contributed by atoms with Gasteiger partial charge in [-0.2, -0.15) is 0 Å². The minimum atomic E-state index is 0. The monoisotopic (exact) mass is 494 g/mol. The number of piperazine rings is 1. The van der Waals surface area contributed by atoms with Crippen molar-refractivity contribution in [1.29, 1.82) is 0 Å². The molecular weight excluding hydrogens is 463 g/mol. The van der Waals surface area contributed by atoms with Crippen LogP contribution >= 0.6 is 11.6 Å². The van der Waals surface area contributed by atoms with Crippen molar-refractivity contribution < 1.29 is 29.6 Å². The number of hydrogen-bond acceptors (Lipinski definition) is 3. The number of rotatable bonds is 8. The molecule has 2 aromatic rings. The third kappa shape index (κ3) is 6.52. The van der Waals surface area contributed by atoms with E-state index in [9.17, 15) is 0 Å². The molecule has 0 radical (unpaired) electrons. The number of anilines is 2. The Bertz CT molecular complexity index is 1100. The maximum absolute atomic E-state index is 6.66. The van der Waals surface area contributed by atoms with Gasteiger partial charge in [0.2, 0.25) is 0 Å². The van der Waals surface area contributed by atoms with Gasteiger partial charge in [0.15, 0.2) is 0 Å². The molecule has 2 aromatic carbocycles. The zero-order chi connectivity index (χ0) is 23.9. The minimum Gasteiger partial charge on any atom is -0.659 e. The minimum absolute atomic E-state index is 0. The molecule has 0 saturated carbocycles. The summed E-state index contributed by atoms with van der Waals surface area (Å²) in [5.41, 5.74) is 5.50.